The van der Waals surface area contributed by atoms with Crippen LogP contribution in [0.4, 0.5) is 0 Å². The molecule has 1 heterocycles. The fourth-order valence-electron chi connectivity index (χ4n) is 1.40. The lowest BCUT2D eigenvalue weighted by atomic mass is 10.1. The largest absolute Gasteiger partial charge is 0.480 e. The molecular weight excluding hydrogens is 224 g/mol. The van der Waals surface area contributed by atoms with E-state index >= 15 is 0 Å². The summed E-state index contributed by atoms with van der Waals surface area (Å²) < 4.78 is 4.59. The maximum Gasteiger partial charge on any atom is 0.326 e. The number of hydrogen-bond acceptors (Lipinski definition) is 4. The summed E-state index contributed by atoms with van der Waals surface area (Å²) >= 11 is 0. The van der Waals surface area contributed by atoms with E-state index in [0.29, 0.717) is 12.1 Å². The van der Waals surface area contributed by atoms with Crippen LogP contribution in [0.5, 0.6) is 0 Å². The molecule has 0 saturated heterocycles. The molecule has 17 heavy (non-hydrogen) atoms. The lowest BCUT2D eigenvalue weighted by molar-refractivity contribution is -0.142. The zero-order chi connectivity index (χ0) is 12.7. The smallest absolute Gasteiger partial charge is 0.326 e. The number of aromatic nitrogens is 1. The van der Waals surface area contributed by atoms with Crippen molar-refractivity contribution in [3.8, 4) is 0 Å². The molecule has 0 aliphatic carbocycles. The minimum absolute atomic E-state index is 0.0341. The Morgan fingerprint density at radius 1 is 1.59 bits per heavy atom. The van der Waals surface area contributed by atoms with Crippen molar-refractivity contribution in [2.45, 2.75) is 38.6 Å². The monoisotopic (exact) mass is 240 g/mol. The van der Waals surface area contributed by atoms with E-state index in [1.165, 1.54) is 6.26 Å². The van der Waals surface area contributed by atoms with Gasteiger partial charge in [0.25, 0.3) is 0 Å². The standard InChI is InChI=1S/C11H16N2O4/c1-2-3-4-9(11(15)16)12-10(14)7-8-5-6-17-13-8/h5-6,9H,2-4,7H2,1H3,(H,12,14)(H,15,16). The number of carboxylic acid groups (broad SMARTS) is 1. The fourth-order valence-corrected chi connectivity index (χ4v) is 1.40. The number of unbranched alkanes of at least 4 members (excludes halogenated alkanes) is 1. The van der Waals surface area contributed by atoms with Gasteiger partial charge in [0.05, 0.1) is 12.1 Å². The Morgan fingerprint density at radius 3 is 2.88 bits per heavy atom. The molecule has 94 valence electrons. The highest BCUT2D eigenvalue weighted by Crippen LogP contribution is 2.02. The number of amides is 1. The number of aliphatic carboxylic acids is 1. The number of carboxylic acids is 1. The Bertz CT molecular complexity index is 362. The Labute approximate surface area is 99.0 Å². The number of carbonyl (C=O) groups is 2. The van der Waals surface area contributed by atoms with Gasteiger partial charge in [-0.1, -0.05) is 24.9 Å². The number of nitrogens with one attached hydrogen (secondary N) is 1. The van der Waals surface area contributed by atoms with Crippen molar-refractivity contribution < 1.29 is 19.2 Å². The lowest BCUT2D eigenvalue weighted by Crippen LogP contribution is -2.41. The highest BCUT2D eigenvalue weighted by atomic mass is 16.5. The van der Waals surface area contributed by atoms with Gasteiger partial charge in [-0.05, 0) is 6.42 Å². The van der Waals surface area contributed by atoms with E-state index in [9.17, 15) is 9.59 Å². The third kappa shape index (κ3) is 4.67. The molecule has 1 aromatic heterocycles. The van der Waals surface area contributed by atoms with Crippen LogP contribution < -0.4 is 5.32 Å². The molecule has 6 nitrogen and oxygen atoms in total. The van der Waals surface area contributed by atoms with Crippen LogP contribution in [0, 0.1) is 0 Å². The predicted molar refractivity (Wildman–Crippen MR) is 59.3 cm³/mol. The molecule has 6 heteroatoms. The first-order chi connectivity index (χ1) is 8.13. The van der Waals surface area contributed by atoms with Crippen LogP contribution in [0.1, 0.15) is 31.9 Å². The molecule has 0 saturated carbocycles. The maximum atomic E-state index is 11.5. The zero-order valence-electron chi connectivity index (χ0n) is 9.68. The van der Waals surface area contributed by atoms with Crippen molar-refractivity contribution in [1.82, 2.24) is 10.5 Å². The minimum atomic E-state index is -1.01. The van der Waals surface area contributed by atoms with Crippen LogP contribution in [0.25, 0.3) is 0 Å². The normalized spacial score (nSPS) is 12.1. The summed E-state index contributed by atoms with van der Waals surface area (Å²) in [7, 11) is 0. The van der Waals surface area contributed by atoms with E-state index in [-0.39, 0.29) is 12.3 Å². The van der Waals surface area contributed by atoms with E-state index < -0.39 is 12.0 Å². The van der Waals surface area contributed by atoms with Gasteiger partial charge in [-0.3, -0.25) is 4.79 Å². The second kappa shape index (κ2) is 6.67. The van der Waals surface area contributed by atoms with Gasteiger partial charge in [-0.15, -0.1) is 0 Å². The summed E-state index contributed by atoms with van der Waals surface area (Å²) in [6.07, 6.45) is 3.50. The summed E-state index contributed by atoms with van der Waals surface area (Å²) in [4.78, 5) is 22.4. The highest BCUT2D eigenvalue weighted by Gasteiger charge is 2.19. The molecule has 1 aromatic rings. The van der Waals surface area contributed by atoms with Gasteiger partial charge in [-0.25, -0.2) is 4.79 Å². The molecule has 2 N–H and O–H groups in total. The number of carbonyl (C=O) groups excluding carboxylic acids is 1. The van der Waals surface area contributed by atoms with E-state index in [4.69, 9.17) is 5.11 Å². The van der Waals surface area contributed by atoms with Crippen LogP contribution in [-0.4, -0.2) is 28.2 Å². The van der Waals surface area contributed by atoms with Gasteiger partial charge < -0.3 is 14.9 Å². The van der Waals surface area contributed by atoms with Gasteiger partial charge in [0.15, 0.2) is 0 Å². The highest BCUT2D eigenvalue weighted by molar-refractivity contribution is 5.84. The quantitative estimate of drug-likeness (QED) is 0.741. The van der Waals surface area contributed by atoms with Crippen molar-refractivity contribution in [3.63, 3.8) is 0 Å². The lowest BCUT2D eigenvalue weighted by Gasteiger charge is -2.13. The first-order valence-electron chi connectivity index (χ1n) is 5.55. The first kappa shape index (κ1) is 13.2. The Kier molecular flexibility index (Phi) is 5.19. The van der Waals surface area contributed by atoms with E-state index in [1.54, 1.807) is 6.07 Å². The summed E-state index contributed by atoms with van der Waals surface area (Å²) in [6, 6.07) is 0.746. The van der Waals surface area contributed by atoms with Gasteiger partial charge in [0.1, 0.15) is 12.3 Å². The fraction of sp³-hybridized carbons (Fsp3) is 0.545. The van der Waals surface area contributed by atoms with Crippen molar-refractivity contribution >= 4 is 11.9 Å². The van der Waals surface area contributed by atoms with Crippen LogP contribution in [0.3, 0.4) is 0 Å². The molecule has 1 atom stereocenters. The van der Waals surface area contributed by atoms with Crippen LogP contribution >= 0.6 is 0 Å². The summed E-state index contributed by atoms with van der Waals surface area (Å²) in [6.45, 7) is 1.97. The van der Waals surface area contributed by atoms with Crippen molar-refractivity contribution in [2.75, 3.05) is 0 Å². The van der Waals surface area contributed by atoms with Crippen molar-refractivity contribution in [3.05, 3.63) is 18.0 Å². The molecule has 1 rings (SSSR count). The second-order valence-electron chi connectivity index (χ2n) is 3.77. The first-order valence-corrected chi connectivity index (χ1v) is 5.55. The average molecular weight is 240 g/mol. The summed E-state index contributed by atoms with van der Waals surface area (Å²) in [5.74, 6) is -1.37. The molecule has 0 aliphatic heterocycles. The van der Waals surface area contributed by atoms with E-state index in [1.807, 2.05) is 6.92 Å². The molecule has 0 aromatic carbocycles. The van der Waals surface area contributed by atoms with Crippen LogP contribution in [0.15, 0.2) is 16.9 Å². The SMILES string of the molecule is CCCCC(NC(=O)Cc1ccon1)C(=O)O. The molecular formula is C11H16N2O4. The van der Waals surface area contributed by atoms with Gasteiger partial charge >= 0.3 is 5.97 Å². The van der Waals surface area contributed by atoms with Crippen molar-refractivity contribution in [1.29, 1.82) is 0 Å². The molecule has 0 fully saturated rings. The third-order valence-electron chi connectivity index (χ3n) is 2.31. The number of nitrogens with zero attached hydrogens (tertiary/aromatic N) is 1. The summed E-state index contributed by atoms with van der Waals surface area (Å²) in [5.41, 5.74) is 0.488. The predicted octanol–water partition coefficient (Wildman–Crippen LogP) is 0.977. The Balaban J connectivity index is 2.43. The molecule has 0 spiro atoms. The average Bonchev–Trinajstić information content (AvgIpc) is 2.76. The number of hydrogen-bond donors (Lipinski definition) is 2. The topological polar surface area (TPSA) is 92.4 Å². The Morgan fingerprint density at radius 2 is 2.35 bits per heavy atom. The second-order valence-corrected chi connectivity index (χ2v) is 3.77. The molecule has 1 unspecified atom stereocenters. The summed E-state index contributed by atoms with van der Waals surface area (Å²) in [5, 5.41) is 15.0. The molecule has 0 bridgehead atoms. The maximum absolute atomic E-state index is 11.5. The van der Waals surface area contributed by atoms with Crippen LogP contribution in [-0.2, 0) is 16.0 Å². The Hall–Kier alpha value is -1.85. The van der Waals surface area contributed by atoms with Crippen molar-refractivity contribution in [2.24, 2.45) is 0 Å². The molecule has 1 amide bonds. The zero-order valence-corrected chi connectivity index (χ0v) is 9.68. The van der Waals surface area contributed by atoms with E-state index in [0.717, 1.165) is 12.8 Å². The van der Waals surface area contributed by atoms with Gasteiger partial charge in [0.2, 0.25) is 5.91 Å². The molecule has 0 radical (unpaired) electrons. The minimum Gasteiger partial charge on any atom is -0.480 e. The third-order valence-corrected chi connectivity index (χ3v) is 2.31. The van der Waals surface area contributed by atoms with E-state index in [2.05, 4.69) is 15.0 Å². The van der Waals surface area contributed by atoms with Gasteiger partial charge in [-0.2, -0.15) is 0 Å². The van der Waals surface area contributed by atoms with Gasteiger partial charge in [0, 0.05) is 6.07 Å². The van der Waals surface area contributed by atoms with Crippen LogP contribution in [0.2, 0.25) is 0 Å². The molecule has 0 aliphatic rings. The number of rotatable bonds is 7.